The second-order valence-electron chi connectivity index (χ2n) is 1.86. The van der Waals surface area contributed by atoms with Gasteiger partial charge in [-0.25, -0.2) is 0 Å². The average molecular weight is 203 g/mol. The summed E-state index contributed by atoms with van der Waals surface area (Å²) in [5.41, 5.74) is 0. The summed E-state index contributed by atoms with van der Waals surface area (Å²) in [4.78, 5) is 3.85. The largest absolute Gasteiger partial charge is 1.00 e. The second-order valence-corrected chi connectivity index (χ2v) is 3.60. The summed E-state index contributed by atoms with van der Waals surface area (Å²) in [5.74, 6) is -0.201. The molecule has 5 nitrogen and oxygen atoms in total. The molecule has 0 aromatic heterocycles. The van der Waals surface area contributed by atoms with E-state index in [1.807, 2.05) is 0 Å². The Labute approximate surface area is 94.7 Å². The molecule has 0 aromatic rings. The standard InChI is InChI=1S/C3H6N2.C2H6O3S.Na/c1-2-5-3-4-1;1-2-6(3,4)5;/h3H,1-2H2,(H,4,5);2H2,1H3,(H,3,4,5);/q;;+1. The van der Waals surface area contributed by atoms with Crippen molar-refractivity contribution in [2.75, 3.05) is 18.8 Å². The first kappa shape index (κ1) is 14.9. The van der Waals surface area contributed by atoms with Crippen LogP contribution in [-0.2, 0) is 10.1 Å². The van der Waals surface area contributed by atoms with E-state index in [1.165, 1.54) is 6.92 Å². The molecule has 1 heterocycles. The molecule has 0 bridgehead atoms. The minimum atomic E-state index is -3.66. The molecule has 1 rings (SSSR count). The van der Waals surface area contributed by atoms with E-state index >= 15 is 0 Å². The molecule has 2 N–H and O–H groups in total. The number of hydrogen-bond acceptors (Lipinski definition) is 4. The van der Waals surface area contributed by atoms with Crippen LogP contribution < -0.4 is 34.9 Å². The molecule has 0 saturated heterocycles. The van der Waals surface area contributed by atoms with Gasteiger partial charge in [0.2, 0.25) is 0 Å². The fourth-order valence-corrected chi connectivity index (χ4v) is 0.323. The van der Waals surface area contributed by atoms with Crippen molar-refractivity contribution in [2.24, 2.45) is 4.99 Å². The Kier molecular flexibility index (Phi) is 9.92. The van der Waals surface area contributed by atoms with E-state index in [1.54, 1.807) is 6.34 Å². The third-order valence-corrected chi connectivity index (χ3v) is 1.66. The van der Waals surface area contributed by atoms with Crippen molar-refractivity contribution >= 4 is 16.5 Å². The Morgan fingerprint density at radius 2 is 2.17 bits per heavy atom. The van der Waals surface area contributed by atoms with Crippen molar-refractivity contribution in [3.63, 3.8) is 0 Å². The first-order chi connectivity index (χ1) is 5.06. The zero-order valence-corrected chi connectivity index (χ0v) is 10.1. The Morgan fingerprint density at radius 3 is 2.25 bits per heavy atom. The molecule has 0 radical (unpaired) electrons. The third-order valence-electron chi connectivity index (χ3n) is 0.933. The van der Waals surface area contributed by atoms with Crippen molar-refractivity contribution in [3.05, 3.63) is 0 Å². The Morgan fingerprint density at radius 1 is 1.67 bits per heavy atom. The summed E-state index contributed by atoms with van der Waals surface area (Å²) < 4.78 is 26.9. The molecular weight excluding hydrogens is 191 g/mol. The molecule has 0 unspecified atom stereocenters. The van der Waals surface area contributed by atoms with Crippen LogP contribution in [0.1, 0.15) is 6.92 Å². The minimum Gasteiger partial charge on any atom is -0.375 e. The van der Waals surface area contributed by atoms with Gasteiger partial charge in [0.15, 0.2) is 0 Å². The SMILES string of the molecule is C1=NCCN1.CCS(=O)(=O)O.[Na+]. The predicted octanol–water partition coefficient (Wildman–Crippen LogP) is -3.48. The first-order valence-corrected chi connectivity index (χ1v) is 4.84. The first-order valence-electron chi connectivity index (χ1n) is 3.23. The fourth-order valence-electron chi connectivity index (χ4n) is 0.323. The molecule has 7 heteroatoms. The van der Waals surface area contributed by atoms with Gasteiger partial charge in [0.1, 0.15) is 0 Å². The van der Waals surface area contributed by atoms with E-state index in [-0.39, 0.29) is 35.3 Å². The minimum absolute atomic E-state index is 0. The summed E-state index contributed by atoms with van der Waals surface area (Å²) in [6, 6.07) is 0. The van der Waals surface area contributed by atoms with Gasteiger partial charge >= 0.3 is 29.6 Å². The van der Waals surface area contributed by atoms with Gasteiger partial charge in [-0.2, -0.15) is 8.42 Å². The molecule has 1 aliphatic heterocycles. The zero-order valence-electron chi connectivity index (χ0n) is 7.32. The molecule has 0 amide bonds. The summed E-state index contributed by atoms with van der Waals surface area (Å²) >= 11 is 0. The van der Waals surface area contributed by atoms with E-state index in [9.17, 15) is 8.42 Å². The number of rotatable bonds is 1. The van der Waals surface area contributed by atoms with Gasteiger partial charge in [0.05, 0.1) is 18.6 Å². The van der Waals surface area contributed by atoms with Crippen LogP contribution in [0.4, 0.5) is 0 Å². The van der Waals surface area contributed by atoms with E-state index < -0.39 is 10.1 Å². The van der Waals surface area contributed by atoms with Crippen molar-refractivity contribution in [1.82, 2.24) is 5.32 Å². The molecule has 0 fully saturated rings. The molecule has 1 aliphatic rings. The summed E-state index contributed by atoms with van der Waals surface area (Å²) in [6.07, 6.45) is 1.74. The normalized spacial score (nSPS) is 13.8. The number of hydrogen-bond donors (Lipinski definition) is 2. The van der Waals surface area contributed by atoms with Crippen molar-refractivity contribution in [1.29, 1.82) is 0 Å². The van der Waals surface area contributed by atoms with Crippen LogP contribution >= 0.6 is 0 Å². The monoisotopic (exact) mass is 203 g/mol. The van der Waals surface area contributed by atoms with E-state index in [0.717, 1.165) is 13.1 Å². The molecule has 12 heavy (non-hydrogen) atoms. The van der Waals surface area contributed by atoms with Crippen LogP contribution in [0.3, 0.4) is 0 Å². The van der Waals surface area contributed by atoms with Crippen molar-refractivity contribution in [2.45, 2.75) is 6.92 Å². The van der Waals surface area contributed by atoms with Crippen molar-refractivity contribution < 1.29 is 42.5 Å². The third kappa shape index (κ3) is 13.0. The molecule has 0 spiro atoms. The van der Waals surface area contributed by atoms with E-state index in [2.05, 4.69) is 10.3 Å². The Hall–Kier alpha value is 0.380. The van der Waals surface area contributed by atoms with Crippen LogP contribution in [0.2, 0.25) is 0 Å². The van der Waals surface area contributed by atoms with Crippen LogP contribution in [-0.4, -0.2) is 38.2 Å². The van der Waals surface area contributed by atoms with E-state index in [4.69, 9.17) is 4.55 Å². The number of aliphatic imine (C=N–C) groups is 1. The van der Waals surface area contributed by atoms with Gasteiger partial charge in [-0.05, 0) is 6.92 Å². The van der Waals surface area contributed by atoms with Crippen molar-refractivity contribution in [3.8, 4) is 0 Å². The molecule has 66 valence electrons. The van der Waals surface area contributed by atoms with Crippen LogP contribution in [0.15, 0.2) is 4.99 Å². The molecule has 0 saturated carbocycles. The molecule has 0 aliphatic carbocycles. The summed E-state index contributed by atoms with van der Waals surface area (Å²) in [6.45, 7) is 3.36. The van der Waals surface area contributed by atoms with Gasteiger partial charge in [-0.3, -0.25) is 9.55 Å². The molecule has 0 atom stereocenters. The number of nitrogens with one attached hydrogen (secondary N) is 1. The Bertz CT molecular complexity index is 209. The Balaban J connectivity index is 0. The molecular formula is C5H12N2NaO3S+. The second kappa shape index (κ2) is 8.00. The summed E-state index contributed by atoms with van der Waals surface area (Å²) in [7, 11) is -3.66. The molecule has 0 aromatic carbocycles. The maximum Gasteiger partial charge on any atom is 1.00 e. The van der Waals surface area contributed by atoms with Gasteiger partial charge < -0.3 is 5.32 Å². The smallest absolute Gasteiger partial charge is 0.375 e. The van der Waals surface area contributed by atoms with Crippen LogP contribution in [0.25, 0.3) is 0 Å². The predicted molar refractivity (Wildman–Crippen MR) is 43.5 cm³/mol. The van der Waals surface area contributed by atoms with Gasteiger partial charge in [-0.15, -0.1) is 0 Å². The quantitative estimate of drug-likeness (QED) is 0.342. The van der Waals surface area contributed by atoms with Gasteiger partial charge in [-0.1, -0.05) is 0 Å². The average Bonchev–Trinajstić information content (AvgIpc) is 2.41. The van der Waals surface area contributed by atoms with Gasteiger partial charge in [0.25, 0.3) is 10.1 Å². The summed E-state index contributed by atoms with van der Waals surface area (Å²) in [5, 5.41) is 2.93. The fraction of sp³-hybridized carbons (Fsp3) is 0.800. The zero-order chi connectivity index (χ0) is 8.74. The number of nitrogens with zero attached hydrogens (tertiary/aromatic N) is 1. The topological polar surface area (TPSA) is 78.8 Å². The maximum atomic E-state index is 9.56. The van der Waals surface area contributed by atoms with E-state index in [0.29, 0.717) is 0 Å². The van der Waals surface area contributed by atoms with Gasteiger partial charge in [0, 0.05) is 6.54 Å². The maximum absolute atomic E-state index is 9.56. The van der Waals surface area contributed by atoms with Crippen LogP contribution in [0.5, 0.6) is 0 Å². The van der Waals surface area contributed by atoms with Crippen LogP contribution in [0, 0.1) is 0 Å².